The Morgan fingerprint density at radius 1 is 1.06 bits per heavy atom. The number of hydrogen-bond donors (Lipinski definition) is 0. The molecule has 0 radical (unpaired) electrons. The molecule has 0 spiro atoms. The summed E-state index contributed by atoms with van der Waals surface area (Å²) in [6.07, 6.45) is 0. The van der Waals surface area contributed by atoms with Crippen LogP contribution in [0.5, 0.6) is 0 Å². The largest absolute Gasteiger partial charge is 0.451 e. The van der Waals surface area contributed by atoms with Crippen molar-refractivity contribution in [1.82, 2.24) is 9.21 Å². The number of thioether (sulfide) groups is 1. The molecule has 0 aliphatic carbocycles. The predicted octanol–water partition coefficient (Wildman–Crippen LogP) is 2.37. The SMILES string of the molecule is CN(Cc1ccc(N(C)C)cc1)C(=O)COC(=O)c1sccc1S(=O)(=O)N1CCSCC1. The summed E-state index contributed by atoms with van der Waals surface area (Å²) in [5.41, 5.74) is 2.01. The lowest BCUT2D eigenvalue weighted by atomic mass is 10.2. The number of hydrogen-bond acceptors (Lipinski definition) is 8. The van der Waals surface area contributed by atoms with Crippen molar-refractivity contribution in [3.63, 3.8) is 0 Å². The molecule has 11 heteroatoms. The van der Waals surface area contributed by atoms with Crippen LogP contribution in [-0.4, -0.2) is 81.8 Å². The molecule has 2 heterocycles. The molecule has 0 N–H and O–H groups in total. The molecule has 0 atom stereocenters. The minimum Gasteiger partial charge on any atom is -0.451 e. The molecule has 2 aromatic rings. The van der Waals surface area contributed by atoms with E-state index >= 15 is 0 Å². The summed E-state index contributed by atoms with van der Waals surface area (Å²) in [5, 5.41) is 1.55. The Morgan fingerprint density at radius 3 is 2.34 bits per heavy atom. The van der Waals surface area contributed by atoms with Crippen molar-refractivity contribution in [1.29, 1.82) is 0 Å². The van der Waals surface area contributed by atoms with Gasteiger partial charge in [-0.25, -0.2) is 13.2 Å². The highest BCUT2D eigenvalue weighted by Gasteiger charge is 2.32. The van der Waals surface area contributed by atoms with E-state index < -0.39 is 22.6 Å². The van der Waals surface area contributed by atoms with Crippen LogP contribution in [0.2, 0.25) is 0 Å². The highest BCUT2D eigenvalue weighted by Crippen LogP contribution is 2.27. The third-order valence-electron chi connectivity index (χ3n) is 5.03. The van der Waals surface area contributed by atoms with Gasteiger partial charge in [0, 0.05) is 58.0 Å². The maximum atomic E-state index is 12.9. The van der Waals surface area contributed by atoms with Crippen LogP contribution in [0.15, 0.2) is 40.6 Å². The standard InChI is InChI=1S/C21H27N3O5S3/c1-22(2)17-6-4-16(5-7-17)14-23(3)19(25)15-29-21(26)20-18(8-11-31-20)32(27,28)24-9-12-30-13-10-24/h4-8,11H,9-10,12-15H2,1-3H3. The number of amides is 1. The number of carbonyl (C=O) groups excluding carboxylic acids is 2. The number of benzene rings is 1. The minimum absolute atomic E-state index is 0.00189. The molecular weight excluding hydrogens is 470 g/mol. The van der Waals surface area contributed by atoms with Crippen molar-refractivity contribution in [3.05, 3.63) is 46.2 Å². The van der Waals surface area contributed by atoms with Crippen LogP contribution in [0.3, 0.4) is 0 Å². The minimum atomic E-state index is -3.77. The van der Waals surface area contributed by atoms with Gasteiger partial charge in [-0.1, -0.05) is 12.1 Å². The Balaban J connectivity index is 1.58. The summed E-state index contributed by atoms with van der Waals surface area (Å²) in [4.78, 5) is 28.4. The number of nitrogens with zero attached hydrogens (tertiary/aromatic N) is 3. The highest BCUT2D eigenvalue weighted by molar-refractivity contribution is 7.99. The Labute approximate surface area is 197 Å². The molecule has 8 nitrogen and oxygen atoms in total. The molecule has 0 unspecified atom stereocenters. The van der Waals surface area contributed by atoms with Crippen LogP contribution in [0.25, 0.3) is 0 Å². The summed E-state index contributed by atoms with van der Waals surface area (Å²) in [6.45, 7) is 0.741. The van der Waals surface area contributed by atoms with Crippen LogP contribution in [-0.2, 0) is 26.1 Å². The second kappa shape index (κ2) is 10.7. The highest BCUT2D eigenvalue weighted by atomic mass is 32.2. The van der Waals surface area contributed by atoms with Crippen LogP contribution in [0.1, 0.15) is 15.2 Å². The molecule has 0 saturated carbocycles. The average molecular weight is 498 g/mol. The number of thiophene rings is 1. The molecule has 1 saturated heterocycles. The van der Waals surface area contributed by atoms with Gasteiger partial charge in [-0.3, -0.25) is 4.79 Å². The number of ether oxygens (including phenoxy) is 1. The summed E-state index contributed by atoms with van der Waals surface area (Å²) in [5.74, 6) is 0.273. The number of sulfonamides is 1. The molecule has 3 rings (SSSR count). The summed E-state index contributed by atoms with van der Waals surface area (Å²) >= 11 is 2.70. The molecule has 1 fully saturated rings. The number of esters is 1. The van der Waals surface area contributed by atoms with Crippen molar-refractivity contribution in [2.75, 3.05) is 57.2 Å². The van der Waals surface area contributed by atoms with Gasteiger partial charge in [0.2, 0.25) is 10.0 Å². The Bertz CT molecular complexity index is 1040. The van der Waals surface area contributed by atoms with Gasteiger partial charge in [-0.15, -0.1) is 11.3 Å². The molecule has 174 valence electrons. The summed E-state index contributed by atoms with van der Waals surface area (Å²) in [6, 6.07) is 9.23. The van der Waals surface area contributed by atoms with E-state index in [2.05, 4.69) is 0 Å². The maximum Gasteiger partial charge on any atom is 0.350 e. The van der Waals surface area contributed by atoms with Crippen molar-refractivity contribution in [2.45, 2.75) is 11.4 Å². The van der Waals surface area contributed by atoms with E-state index in [4.69, 9.17) is 4.74 Å². The zero-order chi connectivity index (χ0) is 23.3. The van der Waals surface area contributed by atoms with Gasteiger partial charge in [0.05, 0.1) is 0 Å². The zero-order valence-corrected chi connectivity index (χ0v) is 20.8. The second-order valence-electron chi connectivity index (χ2n) is 7.52. The molecule has 0 bridgehead atoms. The van der Waals surface area contributed by atoms with E-state index in [1.807, 2.05) is 43.3 Å². The zero-order valence-electron chi connectivity index (χ0n) is 18.3. The number of likely N-dealkylation sites (N-methyl/N-ethyl adjacent to an activating group) is 1. The Morgan fingerprint density at radius 2 is 1.72 bits per heavy atom. The average Bonchev–Trinajstić information content (AvgIpc) is 3.29. The Kier molecular flexibility index (Phi) is 8.21. The lowest BCUT2D eigenvalue weighted by Gasteiger charge is -2.25. The van der Waals surface area contributed by atoms with Gasteiger partial charge in [-0.2, -0.15) is 16.1 Å². The fraction of sp³-hybridized carbons (Fsp3) is 0.429. The predicted molar refractivity (Wildman–Crippen MR) is 128 cm³/mol. The second-order valence-corrected chi connectivity index (χ2v) is 11.6. The maximum absolute atomic E-state index is 12.9. The topological polar surface area (TPSA) is 87.2 Å². The number of rotatable bonds is 8. The summed E-state index contributed by atoms with van der Waals surface area (Å²) < 4.78 is 32.4. The van der Waals surface area contributed by atoms with Gasteiger partial charge in [0.25, 0.3) is 5.91 Å². The van der Waals surface area contributed by atoms with Gasteiger partial charge in [0.15, 0.2) is 6.61 Å². The third-order valence-corrected chi connectivity index (χ3v) is 8.93. The van der Waals surface area contributed by atoms with E-state index in [1.165, 1.54) is 15.3 Å². The fourth-order valence-electron chi connectivity index (χ4n) is 3.14. The van der Waals surface area contributed by atoms with Crippen LogP contribution >= 0.6 is 23.1 Å². The van der Waals surface area contributed by atoms with Gasteiger partial charge in [0.1, 0.15) is 9.77 Å². The van der Waals surface area contributed by atoms with Crippen molar-refractivity contribution >= 4 is 50.7 Å². The first-order valence-electron chi connectivity index (χ1n) is 10.0. The van der Waals surface area contributed by atoms with E-state index in [1.54, 1.807) is 24.2 Å². The monoisotopic (exact) mass is 497 g/mol. The van der Waals surface area contributed by atoms with E-state index in [9.17, 15) is 18.0 Å². The molecule has 1 aromatic heterocycles. The third kappa shape index (κ3) is 5.83. The number of anilines is 1. The molecule has 1 aliphatic heterocycles. The van der Waals surface area contributed by atoms with Gasteiger partial charge in [-0.05, 0) is 29.1 Å². The van der Waals surface area contributed by atoms with E-state index in [0.29, 0.717) is 19.6 Å². The molecule has 1 amide bonds. The molecular formula is C21H27N3O5S3. The normalized spacial score (nSPS) is 14.7. The molecule has 1 aliphatic rings. The van der Waals surface area contributed by atoms with Crippen molar-refractivity contribution < 1.29 is 22.7 Å². The van der Waals surface area contributed by atoms with E-state index in [-0.39, 0.29) is 15.7 Å². The van der Waals surface area contributed by atoms with E-state index in [0.717, 1.165) is 34.1 Å². The summed E-state index contributed by atoms with van der Waals surface area (Å²) in [7, 11) is 1.77. The lowest BCUT2D eigenvalue weighted by Crippen LogP contribution is -2.38. The first-order chi connectivity index (χ1) is 15.2. The molecule has 32 heavy (non-hydrogen) atoms. The van der Waals surface area contributed by atoms with Crippen LogP contribution in [0.4, 0.5) is 5.69 Å². The van der Waals surface area contributed by atoms with Gasteiger partial charge >= 0.3 is 5.97 Å². The molecule has 1 aromatic carbocycles. The Hall–Kier alpha value is -2.08. The number of carbonyl (C=O) groups is 2. The van der Waals surface area contributed by atoms with Crippen LogP contribution in [0, 0.1) is 0 Å². The van der Waals surface area contributed by atoms with Crippen molar-refractivity contribution in [3.8, 4) is 0 Å². The van der Waals surface area contributed by atoms with Gasteiger partial charge < -0.3 is 14.5 Å². The quantitative estimate of drug-likeness (QED) is 0.518. The van der Waals surface area contributed by atoms with Crippen LogP contribution < -0.4 is 4.90 Å². The lowest BCUT2D eigenvalue weighted by molar-refractivity contribution is -0.133. The first-order valence-corrected chi connectivity index (χ1v) is 13.5. The fourth-order valence-corrected chi connectivity index (χ4v) is 7.00. The smallest absolute Gasteiger partial charge is 0.350 e. The van der Waals surface area contributed by atoms with Crippen molar-refractivity contribution in [2.24, 2.45) is 0 Å². The first kappa shape index (κ1) is 24.6.